The van der Waals surface area contributed by atoms with Crippen LogP contribution in [0.25, 0.3) is 0 Å². The van der Waals surface area contributed by atoms with Crippen LogP contribution in [0.3, 0.4) is 0 Å². The third kappa shape index (κ3) is 6.61. The molecular weight excluding hydrogens is 234 g/mol. The second kappa shape index (κ2) is 8.44. The first-order valence-corrected chi connectivity index (χ1v) is 6.75. The minimum absolute atomic E-state index is 0.472. The van der Waals surface area contributed by atoms with Crippen molar-refractivity contribution < 1.29 is 4.74 Å². The summed E-state index contributed by atoms with van der Waals surface area (Å²) in [6.07, 6.45) is 4.76. The number of rotatable bonds is 8. The van der Waals surface area contributed by atoms with E-state index >= 15 is 0 Å². The highest BCUT2D eigenvalue weighted by Crippen LogP contribution is 2.17. The van der Waals surface area contributed by atoms with Crippen LogP contribution < -0.4 is 5.32 Å². The molecule has 0 aromatic carbocycles. The molecule has 1 heterocycles. The monoisotopic (exact) mass is 255 g/mol. The first-order chi connectivity index (χ1) is 8.22. The van der Waals surface area contributed by atoms with Gasteiger partial charge < -0.3 is 10.1 Å². The summed E-state index contributed by atoms with van der Waals surface area (Å²) in [6.45, 7) is 6.95. The molecule has 1 aromatic rings. The molecular formula is C12H21N3OS. The Labute approximate surface area is 108 Å². The molecule has 1 unspecified atom stereocenters. The number of nitrogens with one attached hydrogen (secondary N) is 1. The molecule has 0 amide bonds. The van der Waals surface area contributed by atoms with Crippen LogP contribution in [0.15, 0.2) is 17.6 Å². The van der Waals surface area contributed by atoms with E-state index in [4.69, 9.17) is 4.74 Å². The van der Waals surface area contributed by atoms with Crippen LogP contribution in [0.4, 0.5) is 0 Å². The fourth-order valence-electron chi connectivity index (χ4n) is 1.31. The minimum Gasteiger partial charge on any atom is -0.385 e. The van der Waals surface area contributed by atoms with Crippen molar-refractivity contribution in [3.05, 3.63) is 18.0 Å². The summed E-state index contributed by atoms with van der Waals surface area (Å²) in [5, 5.41) is 4.72. The molecule has 0 aliphatic heterocycles. The molecule has 96 valence electrons. The lowest BCUT2D eigenvalue weighted by Crippen LogP contribution is -2.24. The van der Waals surface area contributed by atoms with E-state index < -0.39 is 0 Å². The number of methoxy groups -OCH3 is 1. The van der Waals surface area contributed by atoms with E-state index in [1.54, 1.807) is 18.9 Å². The van der Waals surface area contributed by atoms with E-state index in [1.807, 2.05) is 19.3 Å². The second-order valence-electron chi connectivity index (χ2n) is 4.02. The van der Waals surface area contributed by atoms with E-state index in [0.717, 1.165) is 36.8 Å². The van der Waals surface area contributed by atoms with Crippen LogP contribution in [-0.2, 0) is 4.74 Å². The highest BCUT2D eigenvalue weighted by Gasteiger charge is 2.05. The number of hydrogen-bond donors (Lipinski definition) is 1. The number of hydrogen-bond acceptors (Lipinski definition) is 5. The lowest BCUT2D eigenvalue weighted by molar-refractivity contribution is 0.194. The van der Waals surface area contributed by atoms with Gasteiger partial charge in [-0.05, 0) is 25.5 Å². The van der Waals surface area contributed by atoms with Gasteiger partial charge in [-0.3, -0.25) is 0 Å². The van der Waals surface area contributed by atoms with Crippen molar-refractivity contribution in [2.75, 3.05) is 26.8 Å². The maximum Gasteiger partial charge on any atom is 0.187 e. The van der Waals surface area contributed by atoms with Gasteiger partial charge in [0.15, 0.2) is 5.16 Å². The van der Waals surface area contributed by atoms with Crippen molar-refractivity contribution in [3.63, 3.8) is 0 Å². The summed E-state index contributed by atoms with van der Waals surface area (Å²) in [5.74, 6) is 0. The molecule has 1 aromatic heterocycles. The Balaban J connectivity index is 2.16. The van der Waals surface area contributed by atoms with Crippen molar-refractivity contribution in [1.29, 1.82) is 0 Å². The normalized spacial score (nSPS) is 12.6. The van der Waals surface area contributed by atoms with Gasteiger partial charge in [-0.25, -0.2) is 9.97 Å². The summed E-state index contributed by atoms with van der Waals surface area (Å²) < 4.78 is 4.99. The Kier molecular flexibility index (Phi) is 7.16. The first kappa shape index (κ1) is 14.4. The zero-order valence-corrected chi connectivity index (χ0v) is 11.6. The van der Waals surface area contributed by atoms with Gasteiger partial charge in [0.1, 0.15) is 0 Å². The van der Waals surface area contributed by atoms with Crippen LogP contribution in [-0.4, -0.2) is 42.0 Å². The van der Waals surface area contributed by atoms with E-state index in [9.17, 15) is 0 Å². The number of thioether (sulfide) groups is 1. The largest absolute Gasteiger partial charge is 0.385 e. The van der Waals surface area contributed by atoms with Crippen molar-refractivity contribution >= 4 is 11.8 Å². The lowest BCUT2D eigenvalue weighted by atomic mass is 10.4. The third-order valence-corrected chi connectivity index (χ3v) is 3.19. The van der Waals surface area contributed by atoms with Crippen LogP contribution in [0, 0.1) is 6.92 Å². The van der Waals surface area contributed by atoms with Crippen LogP contribution in [0.5, 0.6) is 0 Å². The SMILES string of the molecule is COCCCNCC(C)Sc1ncc(C)cn1. The fraction of sp³-hybridized carbons (Fsp3) is 0.667. The van der Waals surface area contributed by atoms with Gasteiger partial charge in [0.05, 0.1) is 0 Å². The van der Waals surface area contributed by atoms with Gasteiger partial charge in [-0.15, -0.1) is 0 Å². The first-order valence-electron chi connectivity index (χ1n) is 5.87. The van der Waals surface area contributed by atoms with Crippen LogP contribution in [0.1, 0.15) is 18.9 Å². The van der Waals surface area contributed by atoms with Crippen molar-refractivity contribution in [2.45, 2.75) is 30.7 Å². The Morgan fingerprint density at radius 1 is 1.41 bits per heavy atom. The van der Waals surface area contributed by atoms with E-state index in [1.165, 1.54) is 0 Å². The number of ether oxygens (including phenoxy) is 1. The third-order valence-electron chi connectivity index (χ3n) is 2.20. The maximum atomic E-state index is 4.99. The Bertz CT molecular complexity index is 305. The Morgan fingerprint density at radius 2 is 2.12 bits per heavy atom. The van der Waals surface area contributed by atoms with Gasteiger partial charge in [0.2, 0.25) is 0 Å². The van der Waals surface area contributed by atoms with E-state index in [2.05, 4.69) is 22.2 Å². The van der Waals surface area contributed by atoms with E-state index in [0.29, 0.717) is 5.25 Å². The average molecular weight is 255 g/mol. The molecule has 0 fully saturated rings. The van der Waals surface area contributed by atoms with Crippen molar-refractivity contribution in [1.82, 2.24) is 15.3 Å². The maximum absolute atomic E-state index is 4.99. The quantitative estimate of drug-likeness (QED) is 0.437. The van der Waals surface area contributed by atoms with Gasteiger partial charge in [0.25, 0.3) is 0 Å². The van der Waals surface area contributed by atoms with Gasteiger partial charge in [0, 0.05) is 37.9 Å². The predicted molar refractivity (Wildman–Crippen MR) is 71.5 cm³/mol. The van der Waals surface area contributed by atoms with Crippen molar-refractivity contribution in [3.8, 4) is 0 Å². The van der Waals surface area contributed by atoms with Crippen LogP contribution >= 0.6 is 11.8 Å². The zero-order valence-electron chi connectivity index (χ0n) is 10.8. The molecule has 1 N–H and O–H groups in total. The summed E-state index contributed by atoms with van der Waals surface area (Å²) in [5.41, 5.74) is 1.10. The summed E-state index contributed by atoms with van der Waals surface area (Å²) in [4.78, 5) is 8.56. The zero-order chi connectivity index (χ0) is 12.5. The van der Waals surface area contributed by atoms with Gasteiger partial charge >= 0.3 is 0 Å². The summed E-state index contributed by atoms with van der Waals surface area (Å²) in [6, 6.07) is 0. The predicted octanol–water partition coefficient (Wildman–Crippen LogP) is 1.89. The Hall–Kier alpha value is -0.650. The topological polar surface area (TPSA) is 47.0 Å². The van der Waals surface area contributed by atoms with Gasteiger partial charge in [-0.2, -0.15) is 0 Å². The highest BCUT2D eigenvalue weighted by molar-refractivity contribution is 7.99. The molecule has 0 radical (unpaired) electrons. The molecule has 4 nitrogen and oxygen atoms in total. The van der Waals surface area contributed by atoms with Gasteiger partial charge in [-0.1, -0.05) is 18.7 Å². The number of aromatic nitrogens is 2. The van der Waals surface area contributed by atoms with Crippen LogP contribution in [0.2, 0.25) is 0 Å². The number of nitrogens with zero attached hydrogens (tertiary/aromatic N) is 2. The number of aryl methyl sites for hydroxylation is 1. The Morgan fingerprint density at radius 3 is 2.76 bits per heavy atom. The molecule has 17 heavy (non-hydrogen) atoms. The average Bonchev–Trinajstić information content (AvgIpc) is 2.32. The molecule has 0 spiro atoms. The fourth-order valence-corrected chi connectivity index (χ4v) is 2.10. The van der Waals surface area contributed by atoms with Crippen molar-refractivity contribution in [2.24, 2.45) is 0 Å². The highest BCUT2D eigenvalue weighted by atomic mass is 32.2. The summed E-state index contributed by atoms with van der Waals surface area (Å²) >= 11 is 1.70. The minimum atomic E-state index is 0.472. The molecule has 0 aliphatic carbocycles. The molecule has 0 bridgehead atoms. The van der Waals surface area contributed by atoms with E-state index in [-0.39, 0.29) is 0 Å². The molecule has 0 saturated heterocycles. The smallest absolute Gasteiger partial charge is 0.187 e. The molecule has 5 heteroatoms. The summed E-state index contributed by atoms with van der Waals surface area (Å²) in [7, 11) is 1.73. The molecule has 1 rings (SSSR count). The molecule has 1 atom stereocenters. The molecule has 0 aliphatic rings. The molecule has 0 saturated carbocycles. The lowest BCUT2D eigenvalue weighted by Gasteiger charge is -2.11. The second-order valence-corrected chi connectivity index (χ2v) is 5.43. The standard InChI is InChI=1S/C12H21N3OS/c1-10-7-14-12(15-8-10)17-11(2)9-13-5-4-6-16-3/h7-8,11,13H,4-6,9H2,1-3H3.